The van der Waals surface area contributed by atoms with Gasteiger partial charge in [0, 0.05) is 6.92 Å². The van der Waals surface area contributed by atoms with Crippen molar-refractivity contribution in [3.8, 4) is 0 Å². The first kappa shape index (κ1) is 7.23. The summed E-state index contributed by atoms with van der Waals surface area (Å²) < 4.78 is 4.03. The molecule has 0 fully saturated rings. The fraction of sp³-hybridized carbons (Fsp3) is 0.333. The minimum absolute atomic E-state index is 0.572. The molecule has 0 saturated heterocycles. The number of rotatable bonds is 0. The third kappa shape index (κ3) is 3.42. The highest BCUT2D eigenvalue weighted by molar-refractivity contribution is 6.63. The van der Waals surface area contributed by atoms with E-state index in [1.54, 1.807) is 0 Å². The fourth-order valence-corrected chi connectivity index (χ4v) is 0.248. The quantitative estimate of drug-likeness (QED) is 0.174. The van der Waals surface area contributed by atoms with Gasteiger partial charge >= 0.3 is 11.3 Å². The van der Waals surface area contributed by atoms with E-state index < -0.39 is 11.3 Å². The van der Waals surface area contributed by atoms with Crippen LogP contribution >= 0.6 is 11.6 Å². The Bertz CT molecular complexity index is 122. The first-order valence-electron chi connectivity index (χ1n) is 1.72. The van der Waals surface area contributed by atoms with E-state index in [0.717, 1.165) is 6.92 Å². The molecule has 0 amide bonds. The van der Waals surface area contributed by atoms with E-state index in [9.17, 15) is 4.79 Å². The molecule has 0 aliphatic heterocycles. The van der Waals surface area contributed by atoms with Crippen LogP contribution in [-0.2, 0) is 9.53 Å². The number of oxime groups is 1. The molecule has 4 nitrogen and oxygen atoms in total. The van der Waals surface area contributed by atoms with E-state index >= 15 is 0 Å². The van der Waals surface area contributed by atoms with Crippen LogP contribution in [0.15, 0.2) is 5.16 Å². The maximum Gasteiger partial charge on any atom is 0.329 e. The summed E-state index contributed by atoms with van der Waals surface area (Å²) in [6.07, 6.45) is 0. The second-order valence-electron chi connectivity index (χ2n) is 0.947. The summed E-state index contributed by atoms with van der Waals surface area (Å²) >= 11 is 4.92. The highest BCUT2D eigenvalue weighted by Crippen LogP contribution is 1.86. The van der Waals surface area contributed by atoms with Gasteiger partial charge in [-0.3, -0.25) is 4.79 Å². The molecular formula is C3H4ClNO3. The van der Waals surface area contributed by atoms with Gasteiger partial charge in [-0.1, -0.05) is 0 Å². The summed E-state index contributed by atoms with van der Waals surface area (Å²) in [6, 6.07) is 0. The molecule has 0 bridgehead atoms. The van der Waals surface area contributed by atoms with Crippen LogP contribution in [0.2, 0.25) is 0 Å². The fourth-order valence-electron chi connectivity index (χ4n) is 0.139. The molecule has 0 aromatic heterocycles. The standard InChI is InChI=1S/C3H4ClNO3/c1-2(6)8-3(4)5-7/h7H,1H3. The van der Waals surface area contributed by atoms with Gasteiger partial charge in [0.2, 0.25) is 0 Å². The van der Waals surface area contributed by atoms with Crippen molar-refractivity contribution in [2.24, 2.45) is 5.16 Å². The van der Waals surface area contributed by atoms with Crippen molar-refractivity contribution in [3.63, 3.8) is 0 Å². The zero-order valence-corrected chi connectivity index (χ0v) is 4.84. The van der Waals surface area contributed by atoms with Crippen LogP contribution in [0.25, 0.3) is 0 Å². The molecule has 0 aliphatic rings. The molecule has 0 unspecified atom stereocenters. The second-order valence-corrected chi connectivity index (χ2v) is 1.27. The van der Waals surface area contributed by atoms with Gasteiger partial charge in [-0.25, -0.2) is 0 Å². The molecule has 0 heterocycles. The molecule has 46 valence electrons. The van der Waals surface area contributed by atoms with Crippen molar-refractivity contribution in [1.29, 1.82) is 0 Å². The molecule has 0 spiro atoms. The number of carbonyl (C=O) groups is 1. The minimum Gasteiger partial charge on any atom is -0.407 e. The van der Waals surface area contributed by atoms with Crippen molar-refractivity contribution < 1.29 is 14.7 Å². The normalized spacial score (nSPS) is 11.0. The SMILES string of the molecule is CC(=O)OC(Cl)=NO. The lowest BCUT2D eigenvalue weighted by atomic mass is 10.8. The van der Waals surface area contributed by atoms with Gasteiger partial charge < -0.3 is 9.94 Å². The van der Waals surface area contributed by atoms with Crippen LogP contribution in [0.3, 0.4) is 0 Å². The van der Waals surface area contributed by atoms with E-state index in [-0.39, 0.29) is 0 Å². The zero-order valence-electron chi connectivity index (χ0n) is 4.09. The number of halogens is 1. The van der Waals surface area contributed by atoms with Crippen LogP contribution < -0.4 is 0 Å². The zero-order chi connectivity index (χ0) is 6.57. The van der Waals surface area contributed by atoms with Gasteiger partial charge in [0.15, 0.2) is 0 Å². The summed E-state index contributed by atoms with van der Waals surface area (Å²) in [6.45, 7) is 1.15. The molecule has 0 aliphatic carbocycles. The number of nitrogens with zero attached hydrogens (tertiary/aromatic N) is 1. The lowest BCUT2D eigenvalue weighted by Gasteiger charge is -1.90. The van der Waals surface area contributed by atoms with E-state index in [0.29, 0.717) is 0 Å². The Morgan fingerprint density at radius 1 is 1.88 bits per heavy atom. The van der Waals surface area contributed by atoms with Crippen molar-refractivity contribution in [2.75, 3.05) is 0 Å². The lowest BCUT2D eigenvalue weighted by molar-refractivity contribution is -0.132. The van der Waals surface area contributed by atoms with Crippen LogP contribution in [-0.4, -0.2) is 16.5 Å². The highest BCUT2D eigenvalue weighted by Gasteiger charge is 1.96. The number of carbonyl (C=O) groups excluding carboxylic acids is 1. The van der Waals surface area contributed by atoms with E-state index in [1.807, 2.05) is 0 Å². The van der Waals surface area contributed by atoms with Crippen LogP contribution in [0.5, 0.6) is 0 Å². The average Bonchev–Trinajstić information content (AvgIpc) is 1.65. The Hall–Kier alpha value is -0.770. The summed E-state index contributed by atoms with van der Waals surface area (Å²) in [5.74, 6) is -0.618. The molecule has 0 radical (unpaired) electrons. The van der Waals surface area contributed by atoms with Crippen LogP contribution in [0.1, 0.15) is 6.92 Å². The average molecular weight is 138 g/mol. The molecule has 5 heteroatoms. The van der Waals surface area contributed by atoms with Crippen molar-refractivity contribution >= 4 is 22.9 Å². The number of ether oxygens (including phenoxy) is 1. The Labute approximate surface area is 50.7 Å². The number of hydrogen-bond donors (Lipinski definition) is 1. The van der Waals surface area contributed by atoms with Gasteiger partial charge in [0.1, 0.15) is 0 Å². The first-order chi connectivity index (χ1) is 3.66. The highest BCUT2D eigenvalue weighted by atomic mass is 35.5. The molecule has 0 aromatic rings. The van der Waals surface area contributed by atoms with Gasteiger partial charge in [-0.05, 0) is 16.8 Å². The predicted molar refractivity (Wildman–Crippen MR) is 26.8 cm³/mol. The van der Waals surface area contributed by atoms with Crippen molar-refractivity contribution in [2.45, 2.75) is 6.92 Å². The minimum atomic E-state index is -0.618. The van der Waals surface area contributed by atoms with Gasteiger partial charge in [0.25, 0.3) is 0 Å². The van der Waals surface area contributed by atoms with Crippen molar-refractivity contribution in [1.82, 2.24) is 0 Å². The number of esters is 1. The van der Waals surface area contributed by atoms with Gasteiger partial charge in [-0.15, -0.1) is 0 Å². The summed E-state index contributed by atoms with van der Waals surface area (Å²) in [5, 5.41) is 9.56. The molecule has 0 saturated carbocycles. The van der Waals surface area contributed by atoms with E-state index in [2.05, 4.69) is 9.89 Å². The van der Waals surface area contributed by atoms with Crippen molar-refractivity contribution in [3.05, 3.63) is 0 Å². The Kier molecular flexibility index (Phi) is 2.95. The van der Waals surface area contributed by atoms with Gasteiger partial charge in [0.05, 0.1) is 0 Å². The van der Waals surface area contributed by atoms with Crippen LogP contribution in [0, 0.1) is 0 Å². The molecule has 0 atom stereocenters. The monoisotopic (exact) mass is 137 g/mol. The second kappa shape index (κ2) is 3.26. The third-order valence-corrected chi connectivity index (χ3v) is 0.459. The van der Waals surface area contributed by atoms with E-state index in [1.165, 1.54) is 0 Å². The molecule has 8 heavy (non-hydrogen) atoms. The smallest absolute Gasteiger partial charge is 0.329 e. The molecule has 0 rings (SSSR count). The maximum atomic E-state index is 9.91. The molecule has 1 N–H and O–H groups in total. The maximum absolute atomic E-state index is 9.91. The topological polar surface area (TPSA) is 58.9 Å². The van der Waals surface area contributed by atoms with E-state index in [4.69, 9.17) is 16.8 Å². The third-order valence-electron chi connectivity index (χ3n) is 0.307. The first-order valence-corrected chi connectivity index (χ1v) is 2.10. The summed E-state index contributed by atoms with van der Waals surface area (Å²) in [7, 11) is 0. The summed E-state index contributed by atoms with van der Waals surface area (Å²) in [5.41, 5.74) is 0. The Morgan fingerprint density at radius 3 is 2.50 bits per heavy atom. The summed E-state index contributed by atoms with van der Waals surface area (Å²) in [4.78, 5) is 9.91. The Balaban J connectivity index is 3.56. The predicted octanol–water partition coefficient (Wildman–Crippen LogP) is 0.534. The van der Waals surface area contributed by atoms with Gasteiger partial charge in [-0.2, -0.15) is 0 Å². The largest absolute Gasteiger partial charge is 0.407 e. The Morgan fingerprint density at radius 2 is 2.38 bits per heavy atom. The molecule has 0 aromatic carbocycles. The van der Waals surface area contributed by atoms with Crippen LogP contribution in [0.4, 0.5) is 0 Å². The number of hydrogen-bond acceptors (Lipinski definition) is 4. The lowest BCUT2D eigenvalue weighted by Crippen LogP contribution is -2.01. The molecular weight excluding hydrogens is 133 g/mol.